The SMILES string of the molecule is O=C1c2ccc(C#Cc3ccccc3)cc2C(=O)N1c1ccc2c(c1)-c1ccccc1-2. The van der Waals surface area contributed by atoms with Crippen LogP contribution in [-0.4, -0.2) is 11.8 Å². The molecule has 6 rings (SSSR count). The molecule has 1 heterocycles. The molecular weight excluding hydrogens is 382 g/mol. The first-order valence-electron chi connectivity index (χ1n) is 10.0. The Kier molecular flexibility index (Phi) is 3.68. The number of benzene rings is 4. The number of hydrogen-bond acceptors (Lipinski definition) is 2. The summed E-state index contributed by atoms with van der Waals surface area (Å²) in [5, 5.41) is 0. The van der Waals surface area contributed by atoms with Crippen LogP contribution in [0.4, 0.5) is 5.69 Å². The number of anilines is 1. The number of carbonyl (C=O) groups is 2. The van der Waals surface area contributed by atoms with Crippen LogP contribution in [0.15, 0.2) is 91.0 Å². The van der Waals surface area contributed by atoms with E-state index in [2.05, 4.69) is 24.0 Å². The third kappa shape index (κ3) is 2.63. The van der Waals surface area contributed by atoms with Crippen molar-refractivity contribution in [2.45, 2.75) is 0 Å². The Morgan fingerprint density at radius 2 is 1.10 bits per heavy atom. The number of imide groups is 1. The maximum Gasteiger partial charge on any atom is 0.266 e. The molecule has 0 saturated carbocycles. The topological polar surface area (TPSA) is 37.4 Å². The van der Waals surface area contributed by atoms with Gasteiger partial charge in [0.15, 0.2) is 0 Å². The van der Waals surface area contributed by atoms with Gasteiger partial charge in [-0.05, 0) is 64.7 Å². The minimum Gasteiger partial charge on any atom is -0.268 e. The van der Waals surface area contributed by atoms with Gasteiger partial charge in [0.05, 0.1) is 16.8 Å². The van der Waals surface area contributed by atoms with Gasteiger partial charge in [-0.1, -0.05) is 60.4 Å². The lowest BCUT2D eigenvalue weighted by Gasteiger charge is -2.25. The summed E-state index contributed by atoms with van der Waals surface area (Å²) >= 11 is 0. The quantitative estimate of drug-likeness (QED) is 0.275. The fourth-order valence-corrected chi connectivity index (χ4v) is 4.24. The summed E-state index contributed by atoms with van der Waals surface area (Å²) in [6, 6.07) is 28.7. The second kappa shape index (κ2) is 6.55. The van der Waals surface area contributed by atoms with Crippen molar-refractivity contribution < 1.29 is 9.59 Å². The summed E-state index contributed by atoms with van der Waals surface area (Å²) in [6.45, 7) is 0. The maximum atomic E-state index is 13.2. The first kappa shape index (κ1) is 17.4. The monoisotopic (exact) mass is 397 g/mol. The van der Waals surface area contributed by atoms with E-state index in [4.69, 9.17) is 0 Å². The zero-order chi connectivity index (χ0) is 20.9. The van der Waals surface area contributed by atoms with Crippen molar-refractivity contribution in [3.8, 4) is 34.1 Å². The molecule has 1 aliphatic heterocycles. The molecule has 3 heteroatoms. The molecule has 0 fully saturated rings. The molecule has 4 aromatic carbocycles. The Hall–Kier alpha value is -4.42. The van der Waals surface area contributed by atoms with Gasteiger partial charge in [-0.2, -0.15) is 0 Å². The van der Waals surface area contributed by atoms with Crippen LogP contribution >= 0.6 is 0 Å². The zero-order valence-electron chi connectivity index (χ0n) is 16.4. The van der Waals surface area contributed by atoms with Crippen LogP contribution < -0.4 is 4.90 Å². The average molecular weight is 397 g/mol. The van der Waals surface area contributed by atoms with Crippen LogP contribution in [0.1, 0.15) is 31.8 Å². The highest BCUT2D eigenvalue weighted by atomic mass is 16.2. The Morgan fingerprint density at radius 1 is 0.484 bits per heavy atom. The summed E-state index contributed by atoms with van der Waals surface area (Å²) < 4.78 is 0. The molecule has 0 N–H and O–H groups in total. The minimum atomic E-state index is -0.309. The van der Waals surface area contributed by atoms with Crippen LogP contribution in [0.5, 0.6) is 0 Å². The van der Waals surface area contributed by atoms with E-state index in [1.807, 2.05) is 60.7 Å². The van der Waals surface area contributed by atoms with Gasteiger partial charge in [0.1, 0.15) is 0 Å². The van der Waals surface area contributed by atoms with E-state index < -0.39 is 0 Å². The van der Waals surface area contributed by atoms with Gasteiger partial charge in [0, 0.05) is 11.1 Å². The van der Waals surface area contributed by atoms with Crippen molar-refractivity contribution in [3.63, 3.8) is 0 Å². The molecule has 1 aliphatic carbocycles. The van der Waals surface area contributed by atoms with Crippen molar-refractivity contribution in [3.05, 3.63) is 113 Å². The fraction of sp³-hybridized carbons (Fsp3) is 0. The van der Waals surface area contributed by atoms with Crippen molar-refractivity contribution in [2.75, 3.05) is 4.90 Å². The number of nitrogens with zero attached hydrogens (tertiary/aromatic N) is 1. The molecule has 0 spiro atoms. The molecule has 0 radical (unpaired) electrons. The first-order valence-corrected chi connectivity index (χ1v) is 10.0. The van der Waals surface area contributed by atoms with Crippen LogP contribution in [0.25, 0.3) is 22.3 Å². The predicted octanol–water partition coefficient (Wildman–Crippen LogP) is 5.53. The van der Waals surface area contributed by atoms with Gasteiger partial charge in [0.2, 0.25) is 0 Å². The summed E-state index contributed by atoms with van der Waals surface area (Å²) in [5.41, 5.74) is 7.57. The van der Waals surface area contributed by atoms with Crippen molar-refractivity contribution in [1.82, 2.24) is 0 Å². The molecule has 3 nitrogen and oxygen atoms in total. The molecule has 0 aromatic heterocycles. The lowest BCUT2D eigenvalue weighted by molar-refractivity contribution is 0.0926. The second-order valence-electron chi connectivity index (χ2n) is 7.60. The number of fused-ring (bicyclic) bond motifs is 5. The largest absolute Gasteiger partial charge is 0.268 e. The Bertz CT molecular complexity index is 1470. The third-order valence-electron chi connectivity index (χ3n) is 5.78. The fourth-order valence-electron chi connectivity index (χ4n) is 4.24. The summed E-state index contributed by atoms with van der Waals surface area (Å²) in [4.78, 5) is 27.4. The van der Waals surface area contributed by atoms with Gasteiger partial charge in [-0.3, -0.25) is 9.59 Å². The normalized spacial score (nSPS) is 13.0. The van der Waals surface area contributed by atoms with E-state index in [9.17, 15) is 9.59 Å². The van der Waals surface area contributed by atoms with E-state index >= 15 is 0 Å². The molecule has 31 heavy (non-hydrogen) atoms. The predicted molar refractivity (Wildman–Crippen MR) is 121 cm³/mol. The molecule has 144 valence electrons. The lowest BCUT2D eigenvalue weighted by Crippen LogP contribution is -2.29. The number of carbonyl (C=O) groups excluding carboxylic acids is 2. The van der Waals surface area contributed by atoms with Gasteiger partial charge in [0.25, 0.3) is 11.8 Å². The number of amides is 2. The number of rotatable bonds is 1. The van der Waals surface area contributed by atoms with Crippen molar-refractivity contribution in [2.24, 2.45) is 0 Å². The standard InChI is InChI=1S/C28H15NO2/c30-27-24-14-12-19(11-10-18-6-2-1-3-7-18)16-26(24)28(31)29(27)20-13-15-23-21-8-4-5-9-22(21)25(23)17-20/h1-9,12-17H. The molecule has 0 saturated heterocycles. The summed E-state index contributed by atoms with van der Waals surface area (Å²) in [6.07, 6.45) is 0. The Morgan fingerprint density at radius 3 is 1.90 bits per heavy atom. The third-order valence-corrected chi connectivity index (χ3v) is 5.78. The maximum absolute atomic E-state index is 13.2. The molecular formula is C28H15NO2. The average Bonchev–Trinajstić information content (AvgIpc) is 3.06. The first-order chi connectivity index (χ1) is 15.2. The second-order valence-corrected chi connectivity index (χ2v) is 7.60. The van der Waals surface area contributed by atoms with Gasteiger partial charge in [-0.25, -0.2) is 4.90 Å². The van der Waals surface area contributed by atoms with E-state index in [0.717, 1.165) is 22.3 Å². The molecule has 2 aliphatic rings. The van der Waals surface area contributed by atoms with E-state index in [0.29, 0.717) is 22.4 Å². The van der Waals surface area contributed by atoms with Gasteiger partial charge >= 0.3 is 0 Å². The molecule has 2 amide bonds. The zero-order valence-corrected chi connectivity index (χ0v) is 16.4. The van der Waals surface area contributed by atoms with Gasteiger partial charge < -0.3 is 0 Å². The van der Waals surface area contributed by atoms with Crippen LogP contribution in [0.2, 0.25) is 0 Å². The highest BCUT2D eigenvalue weighted by Gasteiger charge is 2.37. The van der Waals surface area contributed by atoms with Gasteiger partial charge in [-0.15, -0.1) is 0 Å². The molecule has 0 atom stereocenters. The highest BCUT2D eigenvalue weighted by molar-refractivity contribution is 6.34. The lowest BCUT2D eigenvalue weighted by atomic mass is 9.80. The highest BCUT2D eigenvalue weighted by Crippen LogP contribution is 2.48. The van der Waals surface area contributed by atoms with Crippen LogP contribution in [0.3, 0.4) is 0 Å². The summed E-state index contributed by atoms with van der Waals surface area (Å²) in [7, 11) is 0. The summed E-state index contributed by atoms with van der Waals surface area (Å²) in [5.74, 6) is 5.57. The molecule has 4 aromatic rings. The molecule has 0 unspecified atom stereocenters. The van der Waals surface area contributed by atoms with E-state index in [1.165, 1.54) is 10.5 Å². The van der Waals surface area contributed by atoms with Crippen LogP contribution in [0, 0.1) is 11.8 Å². The van der Waals surface area contributed by atoms with Crippen LogP contribution in [-0.2, 0) is 0 Å². The smallest absolute Gasteiger partial charge is 0.266 e. The molecule has 0 bridgehead atoms. The van der Waals surface area contributed by atoms with Crippen molar-refractivity contribution in [1.29, 1.82) is 0 Å². The Labute approximate surface area is 179 Å². The minimum absolute atomic E-state index is 0.296. The Balaban J connectivity index is 1.34. The van der Waals surface area contributed by atoms with E-state index in [-0.39, 0.29) is 11.8 Å². The van der Waals surface area contributed by atoms with Crippen molar-refractivity contribution >= 4 is 17.5 Å². The van der Waals surface area contributed by atoms with E-state index in [1.54, 1.807) is 18.2 Å². The number of hydrogen-bond donors (Lipinski definition) is 0.